The molecule has 0 radical (unpaired) electrons. The number of hydrogen-bond donors (Lipinski definition) is 1. The number of allylic oxidation sites excluding steroid dienone is 1. The van der Waals surface area contributed by atoms with E-state index in [0.717, 1.165) is 44.2 Å². The zero-order valence-corrected chi connectivity index (χ0v) is 16.6. The number of nitrogens with one attached hydrogen (secondary N) is 1. The molecule has 3 aliphatic rings. The van der Waals surface area contributed by atoms with Crippen LogP contribution in [0.2, 0.25) is 0 Å². The number of rotatable bonds is 7. The Hall–Kier alpha value is -1.85. The Morgan fingerprint density at radius 2 is 2.04 bits per heavy atom. The smallest absolute Gasteiger partial charge is 0.318 e. The molecular weight excluding hydrogens is 344 g/mol. The van der Waals surface area contributed by atoms with Gasteiger partial charge in [-0.3, -0.25) is 14.4 Å². The fraction of sp³-hybridized carbons (Fsp3) is 0.762. The molecule has 150 valence electrons. The summed E-state index contributed by atoms with van der Waals surface area (Å²) in [5.74, 6) is -0.749. The van der Waals surface area contributed by atoms with Gasteiger partial charge in [-0.1, -0.05) is 13.3 Å². The van der Waals surface area contributed by atoms with Crippen molar-refractivity contribution < 1.29 is 19.1 Å². The van der Waals surface area contributed by atoms with Gasteiger partial charge in [0.2, 0.25) is 11.8 Å². The maximum absolute atomic E-state index is 13.1. The van der Waals surface area contributed by atoms with E-state index in [0.29, 0.717) is 32.5 Å². The van der Waals surface area contributed by atoms with Gasteiger partial charge in [0.15, 0.2) is 0 Å². The van der Waals surface area contributed by atoms with E-state index in [1.165, 1.54) is 5.57 Å². The number of unbranched alkanes of at least 4 members (excludes halogenated alkanes) is 1. The molecule has 0 aromatic rings. The Bertz CT molecular complexity index is 638. The molecule has 0 aromatic carbocycles. The van der Waals surface area contributed by atoms with E-state index in [1.807, 2.05) is 11.8 Å². The molecule has 0 unspecified atom stereocenters. The van der Waals surface area contributed by atoms with Crippen molar-refractivity contribution in [2.45, 2.75) is 71.6 Å². The van der Waals surface area contributed by atoms with Crippen LogP contribution >= 0.6 is 0 Å². The van der Waals surface area contributed by atoms with Gasteiger partial charge in [-0.25, -0.2) is 0 Å². The number of carbonyl (C=O) groups is 3. The Balaban J connectivity index is 1.87. The molecule has 6 nitrogen and oxygen atoms in total. The number of piperidine rings is 1. The summed E-state index contributed by atoms with van der Waals surface area (Å²) in [5, 5.41) is 2.91. The van der Waals surface area contributed by atoms with E-state index in [-0.39, 0.29) is 24.2 Å². The van der Waals surface area contributed by atoms with Crippen molar-refractivity contribution in [3.05, 3.63) is 11.3 Å². The summed E-state index contributed by atoms with van der Waals surface area (Å²) in [5.41, 5.74) is 1.43. The Kier molecular flexibility index (Phi) is 6.22. The quantitative estimate of drug-likeness (QED) is 0.547. The van der Waals surface area contributed by atoms with Crippen LogP contribution in [0, 0.1) is 11.3 Å². The summed E-state index contributed by atoms with van der Waals surface area (Å²) in [6.07, 6.45) is 7.00. The average molecular weight is 376 g/mol. The SMILES string of the molecule is CCCCNC(=O)C[C@H]1C[C@@]2(C(=O)OCC)CCCC3=C2N(CCC3)C1=O. The summed E-state index contributed by atoms with van der Waals surface area (Å²) in [6.45, 7) is 5.51. The standard InChI is InChI=1S/C21H32N2O4/c1-3-5-11-22-17(24)13-16-14-21(20(26)27-4-2)10-6-8-15-9-7-12-23(18(15)21)19(16)25/h16H,3-14H2,1-2H3,(H,22,24)/t16-,21-/m0/s1. The first-order chi connectivity index (χ1) is 13.0. The van der Waals surface area contributed by atoms with Crippen LogP contribution in [0.4, 0.5) is 0 Å². The Morgan fingerprint density at radius 3 is 2.78 bits per heavy atom. The summed E-state index contributed by atoms with van der Waals surface area (Å²) in [7, 11) is 0. The number of esters is 1. The molecule has 1 aliphatic carbocycles. The zero-order valence-electron chi connectivity index (χ0n) is 16.6. The predicted octanol–water partition coefficient (Wildman–Crippen LogP) is 2.92. The van der Waals surface area contributed by atoms with E-state index in [2.05, 4.69) is 12.2 Å². The molecule has 0 aromatic heterocycles. The van der Waals surface area contributed by atoms with Gasteiger partial charge in [-0.15, -0.1) is 0 Å². The molecule has 1 fully saturated rings. The zero-order chi connectivity index (χ0) is 19.4. The van der Waals surface area contributed by atoms with Crippen molar-refractivity contribution >= 4 is 17.8 Å². The van der Waals surface area contributed by atoms with Crippen LogP contribution in [0.5, 0.6) is 0 Å². The van der Waals surface area contributed by atoms with Crippen molar-refractivity contribution in [1.29, 1.82) is 0 Å². The second-order valence-electron chi connectivity index (χ2n) is 8.01. The summed E-state index contributed by atoms with van der Waals surface area (Å²) >= 11 is 0. The van der Waals surface area contributed by atoms with E-state index in [9.17, 15) is 14.4 Å². The summed E-state index contributed by atoms with van der Waals surface area (Å²) in [6, 6.07) is 0. The molecule has 0 spiro atoms. The molecule has 2 amide bonds. The van der Waals surface area contributed by atoms with Crippen LogP contribution in [-0.2, 0) is 19.1 Å². The molecule has 6 heteroatoms. The van der Waals surface area contributed by atoms with Gasteiger partial charge in [0.05, 0.1) is 6.61 Å². The van der Waals surface area contributed by atoms with Crippen LogP contribution in [-0.4, -0.2) is 42.4 Å². The van der Waals surface area contributed by atoms with Crippen molar-refractivity contribution in [3.63, 3.8) is 0 Å². The minimum absolute atomic E-state index is 0.00895. The minimum Gasteiger partial charge on any atom is -0.465 e. The van der Waals surface area contributed by atoms with Gasteiger partial charge >= 0.3 is 5.97 Å². The lowest BCUT2D eigenvalue weighted by Crippen LogP contribution is -2.56. The van der Waals surface area contributed by atoms with Crippen molar-refractivity contribution in [2.24, 2.45) is 11.3 Å². The third-order valence-corrected chi connectivity index (χ3v) is 6.16. The lowest BCUT2D eigenvalue weighted by Gasteiger charge is -2.51. The maximum atomic E-state index is 13.1. The highest BCUT2D eigenvalue weighted by Crippen LogP contribution is 2.54. The number of carbonyl (C=O) groups excluding carboxylic acids is 3. The van der Waals surface area contributed by atoms with Gasteiger partial charge < -0.3 is 15.0 Å². The average Bonchev–Trinajstić information content (AvgIpc) is 2.66. The molecule has 2 aliphatic heterocycles. The van der Waals surface area contributed by atoms with Gasteiger partial charge in [-0.2, -0.15) is 0 Å². The van der Waals surface area contributed by atoms with Crippen molar-refractivity contribution in [2.75, 3.05) is 19.7 Å². The number of amides is 2. The number of nitrogens with zero attached hydrogens (tertiary/aromatic N) is 1. The Morgan fingerprint density at radius 1 is 1.26 bits per heavy atom. The summed E-state index contributed by atoms with van der Waals surface area (Å²) in [4.78, 5) is 40.4. The van der Waals surface area contributed by atoms with Crippen LogP contribution < -0.4 is 5.32 Å². The van der Waals surface area contributed by atoms with E-state index < -0.39 is 11.3 Å². The first-order valence-electron chi connectivity index (χ1n) is 10.5. The van der Waals surface area contributed by atoms with E-state index >= 15 is 0 Å². The minimum atomic E-state index is -0.744. The van der Waals surface area contributed by atoms with Gasteiger partial charge in [-0.05, 0) is 57.4 Å². The van der Waals surface area contributed by atoms with E-state index in [1.54, 1.807) is 0 Å². The first kappa shape index (κ1) is 19.9. The second-order valence-corrected chi connectivity index (χ2v) is 8.01. The molecular formula is C21H32N2O4. The highest BCUT2D eigenvalue weighted by molar-refractivity contribution is 5.92. The third-order valence-electron chi connectivity index (χ3n) is 6.16. The molecule has 0 saturated carbocycles. The highest BCUT2D eigenvalue weighted by Gasteiger charge is 2.56. The molecule has 2 heterocycles. The maximum Gasteiger partial charge on any atom is 0.318 e. The molecule has 1 saturated heterocycles. The third kappa shape index (κ3) is 3.76. The van der Waals surface area contributed by atoms with Crippen LogP contribution in [0.3, 0.4) is 0 Å². The second kappa shape index (κ2) is 8.44. The Labute approximate surface area is 161 Å². The number of ether oxygens (including phenoxy) is 1. The predicted molar refractivity (Wildman–Crippen MR) is 102 cm³/mol. The lowest BCUT2D eigenvalue weighted by molar-refractivity contribution is -0.162. The first-order valence-corrected chi connectivity index (χ1v) is 10.5. The highest BCUT2D eigenvalue weighted by atomic mass is 16.5. The van der Waals surface area contributed by atoms with Crippen molar-refractivity contribution in [3.8, 4) is 0 Å². The normalized spacial score (nSPS) is 27.3. The van der Waals surface area contributed by atoms with Crippen LogP contribution in [0.15, 0.2) is 11.3 Å². The van der Waals surface area contributed by atoms with Crippen LogP contribution in [0.25, 0.3) is 0 Å². The molecule has 27 heavy (non-hydrogen) atoms. The monoisotopic (exact) mass is 376 g/mol. The molecule has 2 atom stereocenters. The molecule has 1 N–H and O–H groups in total. The van der Waals surface area contributed by atoms with Gasteiger partial charge in [0.1, 0.15) is 5.41 Å². The molecule has 3 rings (SSSR count). The van der Waals surface area contributed by atoms with Gasteiger partial charge in [0.25, 0.3) is 0 Å². The van der Waals surface area contributed by atoms with Crippen LogP contribution in [0.1, 0.15) is 71.6 Å². The fourth-order valence-corrected chi connectivity index (χ4v) is 4.99. The van der Waals surface area contributed by atoms with E-state index in [4.69, 9.17) is 4.74 Å². The number of hydrogen-bond acceptors (Lipinski definition) is 4. The lowest BCUT2D eigenvalue weighted by atomic mass is 9.63. The van der Waals surface area contributed by atoms with Crippen molar-refractivity contribution in [1.82, 2.24) is 10.2 Å². The molecule has 0 bridgehead atoms. The van der Waals surface area contributed by atoms with Gasteiger partial charge in [0, 0.05) is 31.1 Å². The topological polar surface area (TPSA) is 75.7 Å². The largest absolute Gasteiger partial charge is 0.465 e. The summed E-state index contributed by atoms with van der Waals surface area (Å²) < 4.78 is 5.46. The fourth-order valence-electron chi connectivity index (χ4n) is 4.99.